The van der Waals surface area contributed by atoms with Crippen molar-refractivity contribution in [1.82, 2.24) is 14.7 Å². The van der Waals surface area contributed by atoms with Crippen LogP contribution in [-0.2, 0) is 18.0 Å². The molecule has 1 saturated heterocycles. The van der Waals surface area contributed by atoms with Gasteiger partial charge in [0, 0.05) is 52.6 Å². The van der Waals surface area contributed by atoms with Crippen molar-refractivity contribution in [2.45, 2.75) is 71.7 Å². The van der Waals surface area contributed by atoms with Crippen LogP contribution in [0.25, 0.3) is 0 Å². The third-order valence-electron chi connectivity index (χ3n) is 6.32. The molecule has 2 aromatic rings. The van der Waals surface area contributed by atoms with E-state index in [1.165, 1.54) is 17.3 Å². The molecule has 1 fully saturated rings. The summed E-state index contributed by atoms with van der Waals surface area (Å²) in [5, 5.41) is 4.93. The van der Waals surface area contributed by atoms with Crippen LogP contribution in [0.15, 0.2) is 36.4 Å². The molecule has 0 unspecified atom stereocenters. The first-order chi connectivity index (χ1) is 14.2. The fourth-order valence-corrected chi connectivity index (χ4v) is 4.87. The van der Waals surface area contributed by atoms with Crippen molar-refractivity contribution in [2.24, 2.45) is 0 Å². The van der Waals surface area contributed by atoms with Gasteiger partial charge in [-0.2, -0.15) is 5.10 Å². The van der Waals surface area contributed by atoms with Gasteiger partial charge < -0.3 is 9.64 Å². The highest BCUT2D eigenvalue weighted by Gasteiger charge is 2.37. The molecular formula is C24H40N4OSi. The third-order valence-corrected chi connectivity index (χ3v) is 8.03. The highest BCUT2D eigenvalue weighted by Crippen LogP contribution is 2.31. The van der Waals surface area contributed by atoms with E-state index in [-0.39, 0.29) is 5.54 Å². The maximum Gasteiger partial charge on any atom is 0.151 e. The summed E-state index contributed by atoms with van der Waals surface area (Å²) in [6, 6.07) is 14.2. The van der Waals surface area contributed by atoms with Crippen molar-refractivity contribution in [3.8, 4) is 0 Å². The molecule has 6 heteroatoms. The van der Waals surface area contributed by atoms with E-state index >= 15 is 0 Å². The summed E-state index contributed by atoms with van der Waals surface area (Å²) in [5.41, 5.74) is 2.64. The fraction of sp³-hybridized carbons (Fsp3) is 0.625. The van der Waals surface area contributed by atoms with Gasteiger partial charge in [0.05, 0.1) is 5.54 Å². The van der Waals surface area contributed by atoms with Crippen LogP contribution in [0.4, 0.5) is 5.82 Å². The molecule has 1 aliphatic heterocycles. The maximum atomic E-state index is 5.95. The van der Waals surface area contributed by atoms with Crippen LogP contribution in [0.5, 0.6) is 0 Å². The van der Waals surface area contributed by atoms with Crippen LogP contribution in [0.3, 0.4) is 0 Å². The Morgan fingerprint density at radius 2 is 1.87 bits per heavy atom. The molecule has 0 aliphatic carbocycles. The summed E-state index contributed by atoms with van der Waals surface area (Å²) in [6.07, 6.45) is 1.09. The number of hydrogen-bond acceptors (Lipinski definition) is 4. The zero-order valence-corrected chi connectivity index (χ0v) is 20.8. The molecule has 3 rings (SSSR count). The topological polar surface area (TPSA) is 33.5 Å². The summed E-state index contributed by atoms with van der Waals surface area (Å²) in [4.78, 5) is 5.10. The van der Waals surface area contributed by atoms with Crippen LogP contribution < -0.4 is 4.90 Å². The van der Waals surface area contributed by atoms with Gasteiger partial charge in [-0.05, 0) is 31.9 Å². The van der Waals surface area contributed by atoms with Crippen molar-refractivity contribution in [3.05, 3.63) is 47.7 Å². The molecule has 30 heavy (non-hydrogen) atoms. The first kappa shape index (κ1) is 23.0. The normalized spacial score (nSPS) is 20.7. The zero-order valence-electron chi connectivity index (χ0n) is 19.8. The van der Waals surface area contributed by atoms with Gasteiger partial charge in [0.1, 0.15) is 6.73 Å². The maximum absolute atomic E-state index is 5.95. The third kappa shape index (κ3) is 5.96. The number of piperazine rings is 1. The summed E-state index contributed by atoms with van der Waals surface area (Å²) in [7, 11) is -1.06. The summed E-state index contributed by atoms with van der Waals surface area (Å²) in [6.45, 7) is 19.5. The highest BCUT2D eigenvalue weighted by molar-refractivity contribution is 6.76. The van der Waals surface area contributed by atoms with Crippen molar-refractivity contribution >= 4 is 13.9 Å². The van der Waals surface area contributed by atoms with Gasteiger partial charge in [0.2, 0.25) is 0 Å². The molecule has 0 N–H and O–H groups in total. The minimum atomic E-state index is -1.06. The molecule has 0 bridgehead atoms. The lowest BCUT2D eigenvalue weighted by molar-refractivity contribution is 0.0770. The van der Waals surface area contributed by atoms with E-state index in [2.05, 4.69) is 86.6 Å². The van der Waals surface area contributed by atoms with Crippen molar-refractivity contribution in [3.63, 3.8) is 0 Å². The number of hydrogen-bond donors (Lipinski definition) is 0. The molecule has 1 atom stereocenters. The Hall–Kier alpha value is -1.63. The molecule has 1 aromatic carbocycles. The highest BCUT2D eigenvalue weighted by atomic mass is 28.3. The van der Waals surface area contributed by atoms with E-state index in [0.29, 0.717) is 6.73 Å². The molecular weight excluding hydrogens is 388 g/mol. The van der Waals surface area contributed by atoms with E-state index in [1.54, 1.807) is 0 Å². The Labute approximate surface area is 184 Å². The van der Waals surface area contributed by atoms with E-state index in [0.717, 1.165) is 45.0 Å². The number of aromatic nitrogens is 2. The number of ether oxygens (including phenoxy) is 1. The molecule has 0 saturated carbocycles. The Kier molecular flexibility index (Phi) is 7.42. The van der Waals surface area contributed by atoms with Gasteiger partial charge in [-0.3, -0.25) is 4.90 Å². The van der Waals surface area contributed by atoms with E-state index < -0.39 is 8.07 Å². The monoisotopic (exact) mass is 428 g/mol. The largest absolute Gasteiger partial charge is 0.360 e. The fourth-order valence-electron chi connectivity index (χ4n) is 4.11. The van der Waals surface area contributed by atoms with Crippen LogP contribution in [0.2, 0.25) is 25.7 Å². The Morgan fingerprint density at radius 3 is 2.53 bits per heavy atom. The Bertz CT molecular complexity index is 801. The quantitative estimate of drug-likeness (QED) is 0.416. The second-order valence-electron chi connectivity index (χ2n) is 10.2. The smallest absolute Gasteiger partial charge is 0.151 e. The van der Waals surface area contributed by atoms with Gasteiger partial charge >= 0.3 is 0 Å². The molecule has 1 aromatic heterocycles. The van der Waals surface area contributed by atoms with Crippen LogP contribution >= 0.6 is 0 Å². The molecule has 0 radical (unpaired) electrons. The van der Waals surface area contributed by atoms with Crippen molar-refractivity contribution < 1.29 is 4.74 Å². The number of benzene rings is 1. The minimum Gasteiger partial charge on any atom is -0.360 e. The Balaban J connectivity index is 1.64. The van der Waals surface area contributed by atoms with Crippen LogP contribution in [-0.4, -0.2) is 54.5 Å². The first-order valence-electron chi connectivity index (χ1n) is 11.4. The number of nitrogens with zero attached hydrogens (tertiary/aromatic N) is 4. The van der Waals surface area contributed by atoms with E-state index in [4.69, 9.17) is 9.84 Å². The zero-order chi connectivity index (χ0) is 21.8. The lowest BCUT2D eigenvalue weighted by Gasteiger charge is -2.49. The van der Waals surface area contributed by atoms with E-state index in [9.17, 15) is 0 Å². The van der Waals surface area contributed by atoms with Gasteiger partial charge in [-0.1, -0.05) is 56.9 Å². The van der Waals surface area contributed by atoms with Gasteiger partial charge in [-0.25, -0.2) is 4.68 Å². The standard InChI is InChI=1S/C24H40N4OSi/c1-7-24(3)19-26(18-22-11-9-8-10-12-22)13-14-27(24)23-17-21(2)28(25-23)20-29-15-16-30(4,5)6/h8-12,17H,7,13-16,18-20H2,1-6H3/t24-/m0/s1. The molecule has 1 aliphatic rings. The second kappa shape index (κ2) is 9.67. The number of anilines is 1. The number of rotatable bonds is 9. The molecule has 0 spiro atoms. The molecule has 2 heterocycles. The number of aryl methyl sites for hydroxylation is 1. The van der Waals surface area contributed by atoms with Crippen LogP contribution in [0, 0.1) is 6.92 Å². The van der Waals surface area contributed by atoms with Crippen LogP contribution in [0.1, 0.15) is 31.5 Å². The van der Waals surface area contributed by atoms with Gasteiger partial charge in [0.15, 0.2) is 5.82 Å². The second-order valence-corrected chi connectivity index (χ2v) is 15.8. The molecule has 5 nitrogen and oxygen atoms in total. The lowest BCUT2D eigenvalue weighted by Crippen LogP contribution is -2.60. The predicted molar refractivity (Wildman–Crippen MR) is 129 cm³/mol. The summed E-state index contributed by atoms with van der Waals surface area (Å²) in [5.74, 6) is 1.09. The molecule has 0 amide bonds. The Morgan fingerprint density at radius 1 is 1.13 bits per heavy atom. The minimum absolute atomic E-state index is 0.0807. The SMILES string of the molecule is CC[C@@]1(C)CN(Cc2ccccc2)CCN1c1cc(C)n(COCC[Si](C)(C)C)n1. The average Bonchev–Trinajstić information content (AvgIpc) is 3.05. The average molecular weight is 429 g/mol. The van der Waals surface area contributed by atoms with E-state index in [1.807, 2.05) is 4.68 Å². The van der Waals surface area contributed by atoms with Gasteiger partial charge in [0.25, 0.3) is 0 Å². The van der Waals surface area contributed by atoms with Crippen molar-refractivity contribution in [2.75, 3.05) is 31.1 Å². The van der Waals surface area contributed by atoms with Crippen molar-refractivity contribution in [1.29, 1.82) is 0 Å². The molecule has 166 valence electrons. The predicted octanol–water partition coefficient (Wildman–Crippen LogP) is 4.99. The summed E-state index contributed by atoms with van der Waals surface area (Å²) >= 11 is 0. The van der Waals surface area contributed by atoms with Gasteiger partial charge in [-0.15, -0.1) is 0 Å². The summed E-state index contributed by atoms with van der Waals surface area (Å²) < 4.78 is 7.97. The first-order valence-corrected chi connectivity index (χ1v) is 15.1. The lowest BCUT2D eigenvalue weighted by atomic mass is 9.92.